The molecular weight excluding hydrogens is 336 g/mol. The average Bonchev–Trinajstić information content (AvgIpc) is 2.65. The summed E-state index contributed by atoms with van der Waals surface area (Å²) >= 11 is 0. The second-order valence-corrected chi connectivity index (χ2v) is 6.70. The van der Waals surface area contributed by atoms with E-state index in [9.17, 15) is 4.79 Å². The molecule has 2 amide bonds. The van der Waals surface area contributed by atoms with Crippen molar-refractivity contribution in [3.63, 3.8) is 0 Å². The number of nitrogens with one attached hydrogen (secondary N) is 3. The number of aryl methyl sites for hydroxylation is 1. The Kier molecular flexibility index (Phi) is 5.71. The van der Waals surface area contributed by atoms with Gasteiger partial charge in [-0.2, -0.15) is 0 Å². The van der Waals surface area contributed by atoms with Crippen molar-refractivity contribution in [2.24, 2.45) is 0 Å². The van der Waals surface area contributed by atoms with Gasteiger partial charge in [0.25, 0.3) is 0 Å². The lowest BCUT2D eigenvalue weighted by atomic mass is 9.98. The van der Waals surface area contributed by atoms with Crippen molar-refractivity contribution in [1.29, 1.82) is 0 Å². The smallest absolute Gasteiger partial charge is 0.323 e. The first-order valence-corrected chi connectivity index (χ1v) is 8.98. The summed E-state index contributed by atoms with van der Waals surface area (Å²) in [4.78, 5) is 16.5. The molecule has 3 rings (SSSR count). The van der Waals surface area contributed by atoms with Crippen LogP contribution in [-0.2, 0) is 0 Å². The van der Waals surface area contributed by atoms with Gasteiger partial charge in [0.05, 0.1) is 11.9 Å². The Balaban J connectivity index is 1.67. The van der Waals surface area contributed by atoms with E-state index in [1.807, 2.05) is 42.5 Å². The number of carbonyl (C=O) groups excluding carboxylic acids is 1. The third kappa shape index (κ3) is 4.85. The maximum Gasteiger partial charge on any atom is 0.323 e. The Morgan fingerprint density at radius 3 is 2.30 bits per heavy atom. The van der Waals surface area contributed by atoms with Crippen LogP contribution >= 0.6 is 0 Å². The maximum atomic E-state index is 12.1. The molecule has 0 spiro atoms. The Morgan fingerprint density at radius 1 is 0.889 bits per heavy atom. The Morgan fingerprint density at radius 2 is 1.63 bits per heavy atom. The van der Waals surface area contributed by atoms with Crippen LogP contribution in [0.5, 0.6) is 0 Å². The van der Waals surface area contributed by atoms with Crippen molar-refractivity contribution < 1.29 is 4.79 Å². The molecule has 0 bridgehead atoms. The van der Waals surface area contributed by atoms with E-state index in [2.05, 4.69) is 59.9 Å². The summed E-state index contributed by atoms with van der Waals surface area (Å²) < 4.78 is 0. The van der Waals surface area contributed by atoms with Gasteiger partial charge in [0.1, 0.15) is 5.82 Å². The third-order valence-electron chi connectivity index (χ3n) is 4.23. The molecule has 27 heavy (non-hydrogen) atoms. The van der Waals surface area contributed by atoms with Gasteiger partial charge in [-0.05, 0) is 48.2 Å². The first kappa shape index (κ1) is 18.5. The number of hydrogen-bond donors (Lipinski definition) is 3. The lowest BCUT2D eigenvalue weighted by Crippen LogP contribution is -2.19. The highest BCUT2D eigenvalue weighted by Gasteiger charge is 2.10. The predicted octanol–water partition coefficient (Wildman–Crippen LogP) is 5.90. The van der Waals surface area contributed by atoms with E-state index in [-0.39, 0.29) is 6.03 Å². The van der Waals surface area contributed by atoms with E-state index in [4.69, 9.17) is 0 Å². The summed E-state index contributed by atoms with van der Waals surface area (Å²) in [6.07, 6.45) is 1.64. The van der Waals surface area contributed by atoms with Crippen LogP contribution in [0.1, 0.15) is 30.9 Å². The van der Waals surface area contributed by atoms with Crippen LogP contribution in [-0.4, -0.2) is 11.0 Å². The number of benzene rings is 2. The molecule has 0 aliphatic carbocycles. The first-order valence-electron chi connectivity index (χ1n) is 8.98. The molecule has 0 aliphatic heterocycles. The van der Waals surface area contributed by atoms with E-state index in [1.54, 1.807) is 6.20 Å². The van der Waals surface area contributed by atoms with Gasteiger partial charge in [0, 0.05) is 11.4 Å². The van der Waals surface area contributed by atoms with Crippen molar-refractivity contribution in [3.8, 4) is 0 Å². The minimum Gasteiger partial charge on any atom is -0.340 e. The zero-order chi connectivity index (χ0) is 19.2. The number of carbonyl (C=O) groups is 1. The van der Waals surface area contributed by atoms with Gasteiger partial charge >= 0.3 is 6.03 Å². The zero-order valence-corrected chi connectivity index (χ0v) is 15.8. The summed E-state index contributed by atoms with van der Waals surface area (Å²) in [6.45, 7) is 6.43. The fourth-order valence-corrected chi connectivity index (χ4v) is 2.83. The van der Waals surface area contributed by atoms with Crippen molar-refractivity contribution in [2.45, 2.75) is 26.7 Å². The third-order valence-corrected chi connectivity index (χ3v) is 4.23. The number of nitrogens with zero attached hydrogens (tertiary/aromatic N) is 1. The molecule has 5 nitrogen and oxygen atoms in total. The molecule has 3 N–H and O–H groups in total. The topological polar surface area (TPSA) is 66.0 Å². The Hall–Kier alpha value is -3.34. The summed E-state index contributed by atoms with van der Waals surface area (Å²) in [5.41, 5.74) is 4.88. The molecule has 0 fully saturated rings. The molecule has 0 saturated heterocycles. The summed E-state index contributed by atoms with van der Waals surface area (Å²) in [5.74, 6) is 1.15. The molecule has 0 aliphatic rings. The van der Waals surface area contributed by atoms with Crippen molar-refractivity contribution in [1.82, 2.24) is 4.98 Å². The van der Waals surface area contributed by atoms with Crippen molar-refractivity contribution in [2.75, 3.05) is 16.0 Å². The summed E-state index contributed by atoms with van der Waals surface area (Å²) in [5, 5.41) is 8.96. The highest BCUT2D eigenvalue weighted by molar-refractivity contribution is 5.99. The second kappa shape index (κ2) is 8.36. The molecule has 2 aromatic carbocycles. The van der Waals surface area contributed by atoms with Gasteiger partial charge in [-0.15, -0.1) is 0 Å². The number of rotatable bonds is 5. The Bertz CT molecular complexity index is 905. The highest BCUT2D eigenvalue weighted by Crippen LogP contribution is 2.29. The number of aromatic nitrogens is 1. The molecule has 0 atom stereocenters. The Labute approximate surface area is 159 Å². The van der Waals surface area contributed by atoms with Crippen LogP contribution in [0.25, 0.3) is 0 Å². The van der Waals surface area contributed by atoms with Crippen LogP contribution in [0.2, 0.25) is 0 Å². The average molecular weight is 360 g/mol. The van der Waals surface area contributed by atoms with Crippen LogP contribution in [0.3, 0.4) is 0 Å². The normalized spacial score (nSPS) is 10.5. The minimum atomic E-state index is -0.301. The van der Waals surface area contributed by atoms with Gasteiger partial charge in [0.2, 0.25) is 0 Å². The molecule has 0 radical (unpaired) electrons. The van der Waals surface area contributed by atoms with Gasteiger partial charge in [0.15, 0.2) is 0 Å². The van der Waals surface area contributed by atoms with Gasteiger partial charge in [-0.25, -0.2) is 9.78 Å². The molecule has 138 valence electrons. The standard InChI is InChI=1S/C22H24N4O/c1-15(2)19-11-7-8-16(3)21(19)26-20-13-12-18(14-23-20)25-22(27)24-17-9-5-4-6-10-17/h4-15H,1-3H3,(H,23,26)(H2,24,25,27). The van der Waals surface area contributed by atoms with E-state index in [1.165, 1.54) is 11.1 Å². The lowest BCUT2D eigenvalue weighted by molar-refractivity contribution is 0.262. The van der Waals surface area contributed by atoms with Crippen molar-refractivity contribution >= 4 is 28.9 Å². The maximum absolute atomic E-state index is 12.1. The van der Waals surface area contributed by atoms with E-state index in [0.29, 0.717) is 11.6 Å². The predicted molar refractivity (Wildman–Crippen MR) is 112 cm³/mol. The molecule has 3 aromatic rings. The fourth-order valence-electron chi connectivity index (χ4n) is 2.83. The van der Waals surface area contributed by atoms with Crippen LogP contribution in [0.4, 0.5) is 27.7 Å². The van der Waals surface area contributed by atoms with Crippen LogP contribution in [0, 0.1) is 6.92 Å². The first-order chi connectivity index (χ1) is 13.0. The zero-order valence-electron chi connectivity index (χ0n) is 15.8. The van der Waals surface area contributed by atoms with Gasteiger partial charge < -0.3 is 16.0 Å². The number of amides is 2. The second-order valence-electron chi connectivity index (χ2n) is 6.70. The van der Waals surface area contributed by atoms with E-state index in [0.717, 1.165) is 17.2 Å². The summed E-state index contributed by atoms with van der Waals surface area (Å²) in [6, 6.07) is 19.0. The van der Waals surface area contributed by atoms with Crippen LogP contribution < -0.4 is 16.0 Å². The lowest BCUT2D eigenvalue weighted by Gasteiger charge is -2.17. The molecular formula is C22H24N4O. The van der Waals surface area contributed by atoms with E-state index < -0.39 is 0 Å². The number of pyridine rings is 1. The molecule has 5 heteroatoms. The minimum absolute atomic E-state index is 0.301. The monoisotopic (exact) mass is 360 g/mol. The fraction of sp³-hybridized carbons (Fsp3) is 0.182. The van der Waals surface area contributed by atoms with E-state index >= 15 is 0 Å². The number of anilines is 4. The largest absolute Gasteiger partial charge is 0.340 e. The highest BCUT2D eigenvalue weighted by atomic mass is 16.2. The number of hydrogen-bond acceptors (Lipinski definition) is 3. The number of para-hydroxylation sites is 2. The quantitative estimate of drug-likeness (QED) is 0.530. The molecule has 0 saturated carbocycles. The van der Waals surface area contributed by atoms with Crippen molar-refractivity contribution in [3.05, 3.63) is 78.0 Å². The molecule has 0 unspecified atom stereocenters. The molecule has 1 aromatic heterocycles. The molecule has 1 heterocycles. The number of urea groups is 1. The summed E-state index contributed by atoms with van der Waals surface area (Å²) in [7, 11) is 0. The van der Waals surface area contributed by atoms with Crippen LogP contribution in [0.15, 0.2) is 66.9 Å². The SMILES string of the molecule is Cc1cccc(C(C)C)c1Nc1ccc(NC(=O)Nc2ccccc2)cn1. The van der Waals surface area contributed by atoms with Gasteiger partial charge in [-0.3, -0.25) is 0 Å². The van der Waals surface area contributed by atoms with Gasteiger partial charge in [-0.1, -0.05) is 50.2 Å².